The Morgan fingerprint density at radius 1 is 1.16 bits per heavy atom. The molecule has 0 aromatic rings. The van der Waals surface area contributed by atoms with E-state index in [2.05, 4.69) is 10.1 Å². The summed E-state index contributed by atoms with van der Waals surface area (Å²) in [6, 6.07) is -1.45. The summed E-state index contributed by atoms with van der Waals surface area (Å²) in [5.74, 6) is -3.94. The second-order valence-corrected chi connectivity index (χ2v) is 4.30. The van der Waals surface area contributed by atoms with Gasteiger partial charge in [-0.25, -0.2) is 4.79 Å². The van der Waals surface area contributed by atoms with Crippen molar-refractivity contribution < 1.29 is 32.3 Å². The van der Waals surface area contributed by atoms with Gasteiger partial charge in [0, 0.05) is 0 Å². The molecule has 9 heteroatoms. The van der Waals surface area contributed by atoms with Crippen LogP contribution in [-0.4, -0.2) is 42.7 Å². The van der Waals surface area contributed by atoms with Gasteiger partial charge < -0.3 is 15.4 Å². The van der Waals surface area contributed by atoms with Crippen LogP contribution in [0.15, 0.2) is 0 Å². The van der Waals surface area contributed by atoms with Crippen molar-refractivity contribution in [1.29, 1.82) is 0 Å². The zero-order valence-electron chi connectivity index (χ0n) is 10.8. The number of hydrogen-bond acceptors (Lipinski definition) is 4. The first-order valence-corrected chi connectivity index (χ1v) is 5.20. The Hall–Kier alpha value is -1.80. The van der Waals surface area contributed by atoms with E-state index in [4.69, 9.17) is 0 Å². The minimum atomic E-state index is -5.08. The number of carbonyl (C=O) groups is 3. The average Bonchev–Trinajstić information content (AvgIpc) is 2.25. The molecule has 0 aliphatic carbocycles. The van der Waals surface area contributed by atoms with Gasteiger partial charge in [0.25, 0.3) is 0 Å². The summed E-state index contributed by atoms with van der Waals surface area (Å²) in [4.78, 5) is 33.4. The van der Waals surface area contributed by atoms with Gasteiger partial charge in [0.05, 0.1) is 7.11 Å². The van der Waals surface area contributed by atoms with Crippen LogP contribution in [0.4, 0.5) is 13.2 Å². The van der Waals surface area contributed by atoms with Crippen molar-refractivity contribution >= 4 is 17.8 Å². The highest BCUT2D eigenvalue weighted by atomic mass is 19.4. The fourth-order valence-corrected chi connectivity index (χ4v) is 1.07. The van der Waals surface area contributed by atoms with Gasteiger partial charge >= 0.3 is 18.1 Å². The van der Waals surface area contributed by atoms with E-state index >= 15 is 0 Å². The number of rotatable bonds is 4. The van der Waals surface area contributed by atoms with Crippen LogP contribution in [0.5, 0.6) is 0 Å². The van der Waals surface area contributed by atoms with E-state index in [1.54, 1.807) is 0 Å². The zero-order chi connectivity index (χ0) is 15.4. The topological polar surface area (TPSA) is 84.5 Å². The highest BCUT2D eigenvalue weighted by molar-refractivity contribution is 5.92. The van der Waals surface area contributed by atoms with E-state index in [9.17, 15) is 27.6 Å². The molecule has 0 aromatic carbocycles. The molecule has 19 heavy (non-hydrogen) atoms. The lowest BCUT2D eigenvalue weighted by Gasteiger charge is -2.25. The van der Waals surface area contributed by atoms with Gasteiger partial charge in [-0.1, -0.05) is 0 Å². The van der Waals surface area contributed by atoms with E-state index in [1.807, 2.05) is 0 Å². The maximum absolute atomic E-state index is 12.0. The fourth-order valence-electron chi connectivity index (χ4n) is 1.07. The molecule has 110 valence electrons. The molecule has 0 rings (SSSR count). The van der Waals surface area contributed by atoms with Crippen LogP contribution >= 0.6 is 0 Å². The summed E-state index contributed by atoms with van der Waals surface area (Å²) in [7, 11) is 1.10. The third kappa shape index (κ3) is 5.14. The number of ether oxygens (including phenoxy) is 1. The van der Waals surface area contributed by atoms with Crippen LogP contribution in [0.1, 0.15) is 20.8 Å². The monoisotopic (exact) mass is 284 g/mol. The van der Waals surface area contributed by atoms with Crippen molar-refractivity contribution in [2.45, 2.75) is 38.5 Å². The molecular weight excluding hydrogens is 269 g/mol. The molecule has 0 aromatic heterocycles. The lowest BCUT2D eigenvalue weighted by Crippen LogP contribution is -2.57. The first-order chi connectivity index (χ1) is 8.41. The standard InChI is InChI=1S/C10H15F3N2O4/c1-5(14-7(17)10(11,12)13)6(16)15-9(2,3)8(18)19-4/h5H,1-4H3,(H,14,17)(H,15,16)/t5-/m0/s1. The van der Waals surface area contributed by atoms with Crippen LogP contribution in [0.3, 0.4) is 0 Å². The van der Waals surface area contributed by atoms with Gasteiger partial charge in [-0.2, -0.15) is 13.2 Å². The van der Waals surface area contributed by atoms with Gasteiger partial charge in [0.15, 0.2) is 0 Å². The largest absolute Gasteiger partial charge is 0.471 e. The Labute approximate surface area is 107 Å². The van der Waals surface area contributed by atoms with Gasteiger partial charge in [-0.15, -0.1) is 0 Å². The third-order valence-electron chi connectivity index (χ3n) is 2.13. The van der Waals surface area contributed by atoms with E-state index in [0.717, 1.165) is 14.0 Å². The van der Waals surface area contributed by atoms with E-state index in [1.165, 1.54) is 19.2 Å². The van der Waals surface area contributed by atoms with Crippen molar-refractivity contribution in [2.24, 2.45) is 0 Å². The first kappa shape index (κ1) is 17.2. The molecule has 0 spiro atoms. The second-order valence-electron chi connectivity index (χ2n) is 4.30. The number of halogens is 3. The normalized spacial score (nSPS) is 13.4. The molecule has 0 unspecified atom stereocenters. The van der Waals surface area contributed by atoms with Crippen LogP contribution in [0.2, 0.25) is 0 Å². The number of methoxy groups -OCH3 is 1. The van der Waals surface area contributed by atoms with Crippen molar-refractivity contribution in [3.8, 4) is 0 Å². The Morgan fingerprint density at radius 2 is 1.63 bits per heavy atom. The Morgan fingerprint density at radius 3 is 2.00 bits per heavy atom. The Kier molecular flexibility index (Phi) is 5.34. The van der Waals surface area contributed by atoms with Gasteiger partial charge in [-0.3, -0.25) is 9.59 Å². The summed E-state index contributed by atoms with van der Waals surface area (Å²) in [5.41, 5.74) is -1.41. The lowest BCUT2D eigenvalue weighted by atomic mass is 10.1. The van der Waals surface area contributed by atoms with Crippen LogP contribution in [0.25, 0.3) is 0 Å². The summed E-state index contributed by atoms with van der Waals surface area (Å²) in [6.45, 7) is 3.69. The third-order valence-corrected chi connectivity index (χ3v) is 2.13. The first-order valence-electron chi connectivity index (χ1n) is 5.20. The highest BCUT2D eigenvalue weighted by Gasteiger charge is 2.40. The van der Waals surface area contributed by atoms with Gasteiger partial charge in [0.1, 0.15) is 11.6 Å². The number of alkyl halides is 3. The zero-order valence-corrected chi connectivity index (χ0v) is 10.8. The Balaban J connectivity index is 4.60. The number of amides is 2. The Bertz CT molecular complexity index is 379. The average molecular weight is 284 g/mol. The van der Waals surface area contributed by atoms with Gasteiger partial charge in [-0.05, 0) is 20.8 Å². The molecule has 0 saturated carbocycles. The second kappa shape index (κ2) is 5.89. The number of nitrogens with one attached hydrogen (secondary N) is 2. The van der Waals surface area contributed by atoms with E-state index < -0.39 is 35.5 Å². The summed E-state index contributed by atoms with van der Waals surface area (Å²) in [6.07, 6.45) is -5.08. The number of carbonyl (C=O) groups excluding carboxylic acids is 3. The molecule has 1 atom stereocenters. The molecule has 0 heterocycles. The fraction of sp³-hybridized carbons (Fsp3) is 0.700. The van der Waals surface area contributed by atoms with E-state index in [0.29, 0.717) is 0 Å². The van der Waals surface area contributed by atoms with Crippen molar-refractivity contribution in [2.75, 3.05) is 7.11 Å². The number of hydrogen-bond donors (Lipinski definition) is 2. The molecule has 2 amide bonds. The van der Waals surface area contributed by atoms with Crippen molar-refractivity contribution in [3.63, 3.8) is 0 Å². The molecule has 0 saturated heterocycles. The van der Waals surface area contributed by atoms with Crippen molar-refractivity contribution in [1.82, 2.24) is 10.6 Å². The van der Waals surface area contributed by atoms with Crippen molar-refractivity contribution in [3.05, 3.63) is 0 Å². The minimum Gasteiger partial charge on any atom is -0.467 e. The lowest BCUT2D eigenvalue weighted by molar-refractivity contribution is -0.174. The molecular formula is C10H15F3N2O4. The summed E-state index contributed by atoms with van der Waals surface area (Å²) in [5, 5.41) is 3.64. The molecule has 0 aliphatic heterocycles. The molecule has 0 radical (unpaired) electrons. The molecule has 2 N–H and O–H groups in total. The van der Waals surface area contributed by atoms with Crippen LogP contribution in [0, 0.1) is 0 Å². The predicted octanol–water partition coefficient (Wildman–Crippen LogP) is 0.121. The quantitative estimate of drug-likeness (QED) is 0.718. The molecule has 0 bridgehead atoms. The van der Waals surface area contributed by atoms with Crippen LogP contribution < -0.4 is 10.6 Å². The van der Waals surface area contributed by atoms with Gasteiger partial charge in [0.2, 0.25) is 5.91 Å². The summed E-state index contributed by atoms with van der Waals surface area (Å²) < 4.78 is 40.3. The smallest absolute Gasteiger partial charge is 0.467 e. The predicted molar refractivity (Wildman–Crippen MR) is 57.9 cm³/mol. The maximum Gasteiger partial charge on any atom is 0.471 e. The molecule has 0 aliphatic rings. The molecule has 0 fully saturated rings. The SMILES string of the molecule is COC(=O)C(C)(C)NC(=O)[C@H](C)NC(=O)C(F)(F)F. The molecule has 6 nitrogen and oxygen atoms in total. The highest BCUT2D eigenvalue weighted by Crippen LogP contribution is 2.14. The van der Waals surface area contributed by atoms with E-state index in [-0.39, 0.29) is 0 Å². The minimum absolute atomic E-state index is 0.768. The van der Waals surface area contributed by atoms with Crippen LogP contribution in [-0.2, 0) is 19.1 Å². The number of esters is 1. The summed E-state index contributed by atoms with van der Waals surface area (Å²) >= 11 is 0. The maximum atomic E-state index is 12.0.